The van der Waals surface area contributed by atoms with Crippen LogP contribution in [0.2, 0.25) is 0 Å². The van der Waals surface area contributed by atoms with Crippen LogP contribution in [0, 0.1) is 5.41 Å². The molecule has 2 rings (SSSR count). The second-order valence-electron chi connectivity index (χ2n) is 4.31. The smallest absolute Gasteiger partial charge is 0.0561 e. The maximum atomic E-state index is 9.52. The molecule has 4 N–H and O–H groups in total. The standard InChI is InChI=1S/C9H18N2O/c10-8-5-7(12)6-9(8)1-3-11-4-2-9/h7-8,11-12H,1-6,10H2/t7-,8-/m0/s1. The SMILES string of the molecule is N[C@H]1C[C@H](O)CC12CCNCC2. The van der Waals surface area contributed by atoms with E-state index in [1.807, 2.05) is 0 Å². The molecule has 0 aromatic rings. The Balaban J connectivity index is 2.08. The van der Waals surface area contributed by atoms with Gasteiger partial charge in [-0.25, -0.2) is 0 Å². The van der Waals surface area contributed by atoms with Crippen LogP contribution in [-0.4, -0.2) is 30.3 Å². The van der Waals surface area contributed by atoms with E-state index in [4.69, 9.17) is 5.73 Å². The molecule has 1 heterocycles. The maximum absolute atomic E-state index is 9.52. The van der Waals surface area contributed by atoms with E-state index in [1.54, 1.807) is 0 Å². The average molecular weight is 170 g/mol. The summed E-state index contributed by atoms with van der Waals surface area (Å²) in [5.74, 6) is 0. The van der Waals surface area contributed by atoms with Crippen LogP contribution in [0.3, 0.4) is 0 Å². The summed E-state index contributed by atoms with van der Waals surface area (Å²) in [5, 5.41) is 12.9. The Hall–Kier alpha value is -0.120. The van der Waals surface area contributed by atoms with Crippen molar-refractivity contribution in [2.45, 2.75) is 37.8 Å². The fourth-order valence-corrected chi connectivity index (χ4v) is 2.75. The van der Waals surface area contributed by atoms with E-state index in [-0.39, 0.29) is 17.6 Å². The highest BCUT2D eigenvalue weighted by atomic mass is 16.3. The minimum absolute atomic E-state index is 0.141. The molecule has 1 spiro atoms. The Morgan fingerprint density at radius 3 is 2.50 bits per heavy atom. The molecule has 12 heavy (non-hydrogen) atoms. The normalized spacial score (nSPS) is 40.5. The van der Waals surface area contributed by atoms with Gasteiger partial charge in [-0.05, 0) is 44.2 Å². The molecule has 0 aromatic carbocycles. The number of hydrogen-bond acceptors (Lipinski definition) is 3. The van der Waals surface area contributed by atoms with Crippen LogP contribution in [0.5, 0.6) is 0 Å². The van der Waals surface area contributed by atoms with Crippen molar-refractivity contribution in [1.82, 2.24) is 5.32 Å². The second-order valence-corrected chi connectivity index (χ2v) is 4.31. The van der Waals surface area contributed by atoms with E-state index < -0.39 is 0 Å². The number of aliphatic hydroxyl groups excluding tert-OH is 1. The highest BCUT2D eigenvalue weighted by Crippen LogP contribution is 2.43. The van der Waals surface area contributed by atoms with Crippen molar-refractivity contribution in [2.24, 2.45) is 11.1 Å². The lowest BCUT2D eigenvalue weighted by Crippen LogP contribution is -2.45. The van der Waals surface area contributed by atoms with Gasteiger partial charge in [-0.1, -0.05) is 0 Å². The van der Waals surface area contributed by atoms with E-state index in [2.05, 4.69) is 5.32 Å². The van der Waals surface area contributed by atoms with Crippen molar-refractivity contribution < 1.29 is 5.11 Å². The molecule has 3 nitrogen and oxygen atoms in total. The Bertz CT molecular complexity index is 166. The van der Waals surface area contributed by atoms with Crippen molar-refractivity contribution >= 4 is 0 Å². The first kappa shape index (κ1) is 8.48. The van der Waals surface area contributed by atoms with Crippen molar-refractivity contribution in [1.29, 1.82) is 0 Å². The van der Waals surface area contributed by atoms with E-state index in [9.17, 15) is 5.11 Å². The third kappa shape index (κ3) is 1.26. The molecule has 1 saturated carbocycles. The Kier molecular flexibility index (Phi) is 2.10. The molecule has 1 saturated heterocycles. The van der Waals surface area contributed by atoms with E-state index in [1.165, 1.54) is 0 Å². The van der Waals surface area contributed by atoms with Gasteiger partial charge >= 0.3 is 0 Å². The lowest BCUT2D eigenvalue weighted by atomic mass is 9.75. The molecule has 2 atom stereocenters. The number of aliphatic hydroxyl groups is 1. The first-order chi connectivity index (χ1) is 5.73. The summed E-state index contributed by atoms with van der Waals surface area (Å²) in [5.41, 5.74) is 6.32. The topological polar surface area (TPSA) is 58.3 Å². The molecule has 3 heteroatoms. The van der Waals surface area contributed by atoms with Crippen LogP contribution in [0.1, 0.15) is 25.7 Å². The summed E-state index contributed by atoms with van der Waals surface area (Å²) in [7, 11) is 0. The number of piperidine rings is 1. The number of nitrogens with one attached hydrogen (secondary N) is 1. The predicted molar refractivity (Wildman–Crippen MR) is 47.8 cm³/mol. The summed E-state index contributed by atoms with van der Waals surface area (Å²) in [6.07, 6.45) is 3.88. The zero-order valence-electron chi connectivity index (χ0n) is 7.42. The Morgan fingerprint density at radius 2 is 2.00 bits per heavy atom. The average Bonchev–Trinajstić information content (AvgIpc) is 2.29. The van der Waals surface area contributed by atoms with Gasteiger partial charge in [-0.3, -0.25) is 0 Å². The van der Waals surface area contributed by atoms with Gasteiger partial charge in [0.05, 0.1) is 6.10 Å². The highest BCUT2D eigenvalue weighted by Gasteiger charge is 2.45. The van der Waals surface area contributed by atoms with E-state index >= 15 is 0 Å². The molecule has 2 fully saturated rings. The molecular weight excluding hydrogens is 152 g/mol. The van der Waals surface area contributed by atoms with Crippen LogP contribution in [-0.2, 0) is 0 Å². The summed E-state index contributed by atoms with van der Waals surface area (Å²) in [6.45, 7) is 2.14. The van der Waals surface area contributed by atoms with Gasteiger partial charge in [0.2, 0.25) is 0 Å². The fraction of sp³-hybridized carbons (Fsp3) is 1.00. The van der Waals surface area contributed by atoms with E-state index in [0.29, 0.717) is 0 Å². The molecule has 0 bridgehead atoms. The molecular formula is C9H18N2O. The van der Waals surface area contributed by atoms with Crippen molar-refractivity contribution in [3.05, 3.63) is 0 Å². The van der Waals surface area contributed by atoms with Gasteiger partial charge in [0, 0.05) is 6.04 Å². The zero-order chi connectivity index (χ0) is 8.60. The number of nitrogens with two attached hydrogens (primary N) is 1. The largest absolute Gasteiger partial charge is 0.393 e. The fourth-order valence-electron chi connectivity index (χ4n) is 2.75. The molecule has 2 aliphatic rings. The number of rotatable bonds is 0. The third-order valence-electron chi connectivity index (χ3n) is 3.55. The van der Waals surface area contributed by atoms with Crippen LogP contribution < -0.4 is 11.1 Å². The quantitative estimate of drug-likeness (QED) is 0.473. The zero-order valence-corrected chi connectivity index (χ0v) is 7.42. The maximum Gasteiger partial charge on any atom is 0.0561 e. The first-order valence-corrected chi connectivity index (χ1v) is 4.87. The molecule has 0 unspecified atom stereocenters. The van der Waals surface area contributed by atoms with Crippen molar-refractivity contribution in [2.75, 3.05) is 13.1 Å². The third-order valence-corrected chi connectivity index (χ3v) is 3.55. The van der Waals surface area contributed by atoms with Crippen LogP contribution >= 0.6 is 0 Å². The molecule has 0 aromatic heterocycles. The van der Waals surface area contributed by atoms with Gasteiger partial charge in [0.25, 0.3) is 0 Å². The van der Waals surface area contributed by atoms with Crippen LogP contribution in [0.4, 0.5) is 0 Å². The van der Waals surface area contributed by atoms with Gasteiger partial charge < -0.3 is 16.2 Å². The minimum atomic E-state index is -0.141. The van der Waals surface area contributed by atoms with E-state index in [0.717, 1.165) is 38.8 Å². The predicted octanol–water partition coefficient (Wildman–Crippen LogP) is -0.162. The lowest BCUT2D eigenvalue weighted by Gasteiger charge is -2.37. The Morgan fingerprint density at radius 1 is 1.33 bits per heavy atom. The Labute approximate surface area is 73.3 Å². The summed E-state index contributed by atoms with van der Waals surface area (Å²) >= 11 is 0. The summed E-state index contributed by atoms with van der Waals surface area (Å²) in [4.78, 5) is 0. The van der Waals surface area contributed by atoms with Crippen LogP contribution in [0.25, 0.3) is 0 Å². The number of hydrogen-bond donors (Lipinski definition) is 3. The van der Waals surface area contributed by atoms with Gasteiger partial charge in [-0.2, -0.15) is 0 Å². The summed E-state index contributed by atoms with van der Waals surface area (Å²) < 4.78 is 0. The first-order valence-electron chi connectivity index (χ1n) is 4.87. The molecule has 0 amide bonds. The molecule has 1 aliphatic carbocycles. The highest BCUT2D eigenvalue weighted by molar-refractivity contribution is 5.00. The second kappa shape index (κ2) is 2.98. The van der Waals surface area contributed by atoms with Gasteiger partial charge in [-0.15, -0.1) is 0 Å². The molecule has 1 aliphatic heterocycles. The lowest BCUT2D eigenvalue weighted by molar-refractivity contribution is 0.135. The summed E-state index contributed by atoms with van der Waals surface area (Å²) in [6, 6.07) is 0.231. The monoisotopic (exact) mass is 170 g/mol. The van der Waals surface area contributed by atoms with Crippen LogP contribution in [0.15, 0.2) is 0 Å². The molecule has 0 radical (unpaired) electrons. The van der Waals surface area contributed by atoms with Crippen molar-refractivity contribution in [3.8, 4) is 0 Å². The van der Waals surface area contributed by atoms with Gasteiger partial charge in [0.15, 0.2) is 0 Å². The minimum Gasteiger partial charge on any atom is -0.393 e. The van der Waals surface area contributed by atoms with Crippen molar-refractivity contribution in [3.63, 3.8) is 0 Å². The van der Waals surface area contributed by atoms with Gasteiger partial charge in [0.1, 0.15) is 0 Å². The molecule has 70 valence electrons.